The van der Waals surface area contributed by atoms with Gasteiger partial charge in [0.05, 0.1) is 28.8 Å². The van der Waals surface area contributed by atoms with Crippen LogP contribution in [0.3, 0.4) is 0 Å². The molecule has 0 N–H and O–H groups in total. The molecule has 208 valence electrons. The molecule has 39 heavy (non-hydrogen) atoms. The molecule has 5 nitrogen and oxygen atoms in total. The zero-order valence-corrected chi connectivity index (χ0v) is 24.8. The summed E-state index contributed by atoms with van der Waals surface area (Å²) < 4.78 is 17.7. The molecule has 3 rings (SSSR count). The summed E-state index contributed by atoms with van der Waals surface area (Å²) in [6.07, 6.45) is 7.88. The number of hydrogen-bond acceptors (Lipinski definition) is 5. The quantitative estimate of drug-likeness (QED) is 0.0996. The second-order valence-corrected chi connectivity index (χ2v) is 10.7. The van der Waals surface area contributed by atoms with Crippen LogP contribution < -0.4 is 9.47 Å². The van der Waals surface area contributed by atoms with Crippen LogP contribution in [0, 0.1) is 5.92 Å². The molecule has 0 aromatic heterocycles. The van der Waals surface area contributed by atoms with E-state index in [9.17, 15) is 9.59 Å². The molecular weight excluding hydrogens is 556 g/mol. The fraction of sp³-hybridized carbons (Fsp3) is 0.394. The van der Waals surface area contributed by atoms with Gasteiger partial charge in [-0.2, -0.15) is 0 Å². The monoisotopic (exact) mass is 594 g/mol. The predicted molar refractivity (Wildman–Crippen MR) is 160 cm³/mol. The Morgan fingerprint density at radius 1 is 0.769 bits per heavy atom. The number of halogens is 1. The first-order valence-electron chi connectivity index (χ1n) is 13.9. The van der Waals surface area contributed by atoms with Crippen molar-refractivity contribution in [1.82, 2.24) is 0 Å². The van der Waals surface area contributed by atoms with Crippen molar-refractivity contribution in [2.75, 3.05) is 13.2 Å². The Morgan fingerprint density at radius 2 is 1.38 bits per heavy atom. The maximum absolute atomic E-state index is 12.6. The fourth-order valence-electron chi connectivity index (χ4n) is 3.90. The molecule has 0 radical (unpaired) electrons. The van der Waals surface area contributed by atoms with Gasteiger partial charge in [-0.1, -0.05) is 77.5 Å². The third kappa shape index (κ3) is 9.85. The zero-order valence-electron chi connectivity index (χ0n) is 23.2. The van der Waals surface area contributed by atoms with E-state index in [1.54, 1.807) is 36.4 Å². The zero-order chi connectivity index (χ0) is 28.0. The molecule has 0 spiro atoms. The lowest BCUT2D eigenvalue weighted by molar-refractivity contribution is 0.0497. The van der Waals surface area contributed by atoms with Gasteiger partial charge in [0.25, 0.3) is 0 Å². The maximum atomic E-state index is 12.6. The number of esters is 2. The van der Waals surface area contributed by atoms with E-state index in [1.807, 2.05) is 30.3 Å². The lowest BCUT2D eigenvalue weighted by Gasteiger charge is -2.13. The summed E-state index contributed by atoms with van der Waals surface area (Å²) >= 11 is 3.61. The average Bonchev–Trinajstić information content (AvgIpc) is 2.96. The number of hydrogen-bond donors (Lipinski definition) is 0. The highest BCUT2D eigenvalue weighted by molar-refractivity contribution is 9.10. The van der Waals surface area contributed by atoms with Crippen LogP contribution >= 0.6 is 15.9 Å². The molecule has 1 atom stereocenters. The number of unbranched alkanes of at least 4 members (excludes halogenated alkanes) is 5. The molecule has 0 aliphatic heterocycles. The normalized spacial score (nSPS) is 11.6. The Kier molecular flexibility index (Phi) is 12.6. The Labute approximate surface area is 241 Å². The van der Waals surface area contributed by atoms with E-state index in [1.165, 1.54) is 25.7 Å². The fourth-order valence-corrected chi connectivity index (χ4v) is 4.39. The number of ether oxygens (including phenoxy) is 3. The van der Waals surface area contributed by atoms with Crippen LogP contribution in [0.2, 0.25) is 0 Å². The van der Waals surface area contributed by atoms with Crippen LogP contribution in [0.5, 0.6) is 11.5 Å². The minimum Gasteiger partial charge on any atom is -0.492 e. The van der Waals surface area contributed by atoms with Gasteiger partial charge in [-0.15, -0.1) is 0 Å². The van der Waals surface area contributed by atoms with Crippen LogP contribution in [0.15, 0.2) is 71.2 Å². The lowest BCUT2D eigenvalue weighted by Crippen LogP contribution is -2.10. The van der Waals surface area contributed by atoms with Crippen molar-refractivity contribution in [1.29, 1.82) is 0 Å². The summed E-state index contributed by atoms with van der Waals surface area (Å²) in [6, 6.07) is 19.7. The standard InChI is InChI=1S/C33H39BrO5/c1-4-6-7-8-9-10-21-37-32(35)26-11-13-27(14-12-26)33(36)39-29-18-15-25(16-19-29)28-17-20-31(30(34)22-28)38-23-24(3)5-2/h11-20,22,24H,4-10,21,23H2,1-3H3. The lowest BCUT2D eigenvalue weighted by atomic mass is 10.1. The van der Waals surface area contributed by atoms with Crippen molar-refractivity contribution in [2.45, 2.75) is 65.7 Å². The third-order valence-electron chi connectivity index (χ3n) is 6.64. The smallest absolute Gasteiger partial charge is 0.343 e. The highest BCUT2D eigenvalue weighted by Gasteiger charge is 2.13. The second kappa shape index (κ2) is 16.1. The van der Waals surface area contributed by atoms with Crippen molar-refractivity contribution >= 4 is 27.9 Å². The van der Waals surface area contributed by atoms with E-state index < -0.39 is 5.97 Å². The molecular formula is C33H39BrO5. The summed E-state index contributed by atoms with van der Waals surface area (Å²) in [4.78, 5) is 24.9. The van der Waals surface area contributed by atoms with Gasteiger partial charge in [0, 0.05) is 0 Å². The average molecular weight is 596 g/mol. The molecule has 0 aliphatic rings. The maximum Gasteiger partial charge on any atom is 0.343 e. The highest BCUT2D eigenvalue weighted by Crippen LogP contribution is 2.32. The third-order valence-corrected chi connectivity index (χ3v) is 7.26. The Morgan fingerprint density at radius 3 is 2.03 bits per heavy atom. The first-order chi connectivity index (χ1) is 18.9. The van der Waals surface area contributed by atoms with E-state index in [2.05, 4.69) is 36.7 Å². The van der Waals surface area contributed by atoms with Crippen LogP contribution in [-0.4, -0.2) is 25.2 Å². The minimum absolute atomic E-state index is 0.364. The van der Waals surface area contributed by atoms with E-state index in [0.29, 0.717) is 36.0 Å². The molecule has 0 saturated heterocycles. The van der Waals surface area contributed by atoms with Crippen molar-refractivity contribution < 1.29 is 23.8 Å². The number of carbonyl (C=O) groups excluding carboxylic acids is 2. The SMILES string of the molecule is CCCCCCCCOC(=O)c1ccc(C(=O)Oc2ccc(-c3ccc(OCC(C)CC)c(Br)c3)cc2)cc1. The van der Waals surface area contributed by atoms with Crippen molar-refractivity contribution in [2.24, 2.45) is 5.92 Å². The van der Waals surface area contributed by atoms with E-state index in [4.69, 9.17) is 14.2 Å². The predicted octanol–water partition coefficient (Wildman–Crippen LogP) is 9.28. The molecule has 0 amide bonds. The number of carbonyl (C=O) groups is 2. The largest absolute Gasteiger partial charge is 0.492 e. The molecule has 0 bridgehead atoms. The molecule has 3 aromatic carbocycles. The minimum atomic E-state index is -0.486. The summed E-state index contributed by atoms with van der Waals surface area (Å²) in [5.74, 6) is 0.905. The summed E-state index contributed by atoms with van der Waals surface area (Å²) in [5, 5.41) is 0. The van der Waals surface area contributed by atoms with Gasteiger partial charge >= 0.3 is 11.9 Å². The van der Waals surface area contributed by atoms with Crippen LogP contribution in [0.4, 0.5) is 0 Å². The van der Waals surface area contributed by atoms with Crippen LogP contribution in [-0.2, 0) is 4.74 Å². The van der Waals surface area contributed by atoms with E-state index in [0.717, 1.165) is 40.6 Å². The van der Waals surface area contributed by atoms with Gasteiger partial charge in [-0.05, 0) is 87.9 Å². The van der Waals surface area contributed by atoms with Gasteiger partial charge in [-0.3, -0.25) is 0 Å². The van der Waals surface area contributed by atoms with Crippen molar-refractivity contribution in [3.8, 4) is 22.6 Å². The topological polar surface area (TPSA) is 61.8 Å². The van der Waals surface area contributed by atoms with Crippen LogP contribution in [0.25, 0.3) is 11.1 Å². The number of rotatable bonds is 15. The van der Waals surface area contributed by atoms with Crippen molar-refractivity contribution in [3.63, 3.8) is 0 Å². The Bertz CT molecular complexity index is 1190. The molecule has 3 aromatic rings. The van der Waals surface area contributed by atoms with Crippen molar-refractivity contribution in [3.05, 3.63) is 82.3 Å². The summed E-state index contributed by atoms with van der Waals surface area (Å²) in [5.41, 5.74) is 2.80. The summed E-state index contributed by atoms with van der Waals surface area (Å²) in [7, 11) is 0. The first kappa shape index (κ1) is 30.4. The Hall–Kier alpha value is -3.12. The van der Waals surface area contributed by atoms with E-state index in [-0.39, 0.29) is 5.97 Å². The van der Waals surface area contributed by atoms with Gasteiger partial charge in [-0.25, -0.2) is 9.59 Å². The van der Waals surface area contributed by atoms with Gasteiger partial charge in [0.1, 0.15) is 11.5 Å². The molecule has 0 saturated carbocycles. The van der Waals surface area contributed by atoms with Gasteiger partial charge < -0.3 is 14.2 Å². The van der Waals surface area contributed by atoms with E-state index >= 15 is 0 Å². The molecule has 1 unspecified atom stereocenters. The van der Waals surface area contributed by atoms with Gasteiger partial charge in [0.2, 0.25) is 0 Å². The molecule has 0 aliphatic carbocycles. The molecule has 0 heterocycles. The molecule has 6 heteroatoms. The van der Waals surface area contributed by atoms with Gasteiger partial charge in [0.15, 0.2) is 0 Å². The second-order valence-electron chi connectivity index (χ2n) is 9.86. The molecule has 0 fully saturated rings. The summed E-state index contributed by atoms with van der Waals surface area (Å²) in [6.45, 7) is 7.61. The number of benzene rings is 3. The first-order valence-corrected chi connectivity index (χ1v) is 14.7. The highest BCUT2D eigenvalue weighted by atomic mass is 79.9. The van der Waals surface area contributed by atoms with Crippen LogP contribution in [0.1, 0.15) is 86.4 Å². The Balaban J connectivity index is 1.49.